The number of nitrogens with zero attached hydrogens (tertiary/aromatic N) is 3. The van der Waals surface area contributed by atoms with Crippen LogP contribution in [0.25, 0.3) is 22.3 Å². The Hall–Kier alpha value is -5.51. The predicted molar refractivity (Wildman–Crippen MR) is 173 cm³/mol. The van der Waals surface area contributed by atoms with E-state index in [0.29, 0.717) is 33.7 Å². The summed E-state index contributed by atoms with van der Waals surface area (Å²) in [6.07, 6.45) is 1.47. The number of methoxy groups -OCH3 is 2. The smallest absolute Gasteiger partial charge is 0.282 e. The number of carbonyl (C=O) groups is 1. The number of aromatic nitrogens is 2. The van der Waals surface area contributed by atoms with Gasteiger partial charge < -0.3 is 19.5 Å². The topological polar surface area (TPSA) is 104 Å². The van der Waals surface area contributed by atoms with Crippen molar-refractivity contribution in [3.8, 4) is 28.6 Å². The number of halogens is 1. The summed E-state index contributed by atoms with van der Waals surface area (Å²) in [5.74, 6) is 1.03. The van der Waals surface area contributed by atoms with Crippen LogP contribution in [0.5, 0.6) is 17.2 Å². The summed E-state index contributed by atoms with van der Waals surface area (Å²) in [6, 6.07) is 21.6. The maximum absolute atomic E-state index is 13.9. The zero-order valence-electron chi connectivity index (χ0n) is 25.6. The normalized spacial score (nSPS) is 11.3. The van der Waals surface area contributed by atoms with Crippen LogP contribution in [0, 0.1) is 12.7 Å². The number of nitrogens with one attached hydrogen (secondary N) is 1. The minimum Gasteiger partial charge on any atom is -0.496 e. The number of hydrogen-bond donors (Lipinski definition) is 1. The number of para-hydroxylation sites is 2. The molecule has 10 heteroatoms. The van der Waals surface area contributed by atoms with Crippen molar-refractivity contribution < 1.29 is 23.4 Å². The van der Waals surface area contributed by atoms with E-state index in [1.165, 1.54) is 42.3 Å². The Labute approximate surface area is 259 Å². The summed E-state index contributed by atoms with van der Waals surface area (Å²) >= 11 is 0. The Morgan fingerprint density at radius 1 is 1.00 bits per heavy atom. The van der Waals surface area contributed by atoms with Crippen LogP contribution in [-0.2, 0) is 4.79 Å². The van der Waals surface area contributed by atoms with Crippen molar-refractivity contribution in [1.82, 2.24) is 9.66 Å². The lowest BCUT2D eigenvalue weighted by Gasteiger charge is -2.17. The molecule has 1 aromatic heterocycles. The molecule has 0 spiro atoms. The van der Waals surface area contributed by atoms with Gasteiger partial charge in [0.05, 0.1) is 31.3 Å². The van der Waals surface area contributed by atoms with E-state index in [2.05, 4.69) is 24.3 Å². The van der Waals surface area contributed by atoms with Gasteiger partial charge in [-0.25, -0.2) is 9.37 Å². The molecule has 0 radical (unpaired) electrons. The van der Waals surface area contributed by atoms with Crippen LogP contribution in [-0.4, -0.2) is 42.6 Å². The lowest BCUT2D eigenvalue weighted by Crippen LogP contribution is -2.21. The van der Waals surface area contributed by atoms with E-state index in [1.807, 2.05) is 25.1 Å². The third-order valence-electron chi connectivity index (χ3n) is 7.21. The summed E-state index contributed by atoms with van der Waals surface area (Å²) in [7, 11) is 3.12. The van der Waals surface area contributed by atoms with Gasteiger partial charge in [-0.3, -0.25) is 9.59 Å². The molecule has 0 saturated carbocycles. The van der Waals surface area contributed by atoms with E-state index in [4.69, 9.17) is 19.2 Å². The second kappa shape index (κ2) is 13.4. The van der Waals surface area contributed by atoms with Crippen LogP contribution in [0.3, 0.4) is 0 Å². The molecule has 5 rings (SSSR count). The molecule has 0 unspecified atom stereocenters. The first-order valence-electron chi connectivity index (χ1n) is 14.3. The first kappa shape index (κ1) is 30.9. The van der Waals surface area contributed by atoms with E-state index >= 15 is 0 Å². The van der Waals surface area contributed by atoms with Crippen LogP contribution >= 0.6 is 0 Å². The number of fused-ring (bicyclic) bond motifs is 1. The second-order valence-electron chi connectivity index (χ2n) is 10.6. The summed E-state index contributed by atoms with van der Waals surface area (Å²) in [4.78, 5) is 31.4. The molecule has 230 valence electrons. The maximum Gasteiger partial charge on any atom is 0.282 e. The highest BCUT2D eigenvalue weighted by atomic mass is 19.1. The molecule has 1 N–H and O–H groups in total. The Balaban J connectivity index is 1.56. The fourth-order valence-electron chi connectivity index (χ4n) is 4.91. The number of anilines is 1. The summed E-state index contributed by atoms with van der Waals surface area (Å²) in [5.41, 5.74) is 3.65. The zero-order valence-corrected chi connectivity index (χ0v) is 25.6. The van der Waals surface area contributed by atoms with Crippen LogP contribution in [0.4, 0.5) is 10.1 Å². The summed E-state index contributed by atoms with van der Waals surface area (Å²) in [5, 5.41) is 7.69. The van der Waals surface area contributed by atoms with Crippen molar-refractivity contribution in [3.63, 3.8) is 0 Å². The minimum atomic E-state index is -0.455. The first-order valence-corrected chi connectivity index (χ1v) is 14.3. The molecular weight excluding hydrogens is 575 g/mol. The van der Waals surface area contributed by atoms with Crippen molar-refractivity contribution in [2.24, 2.45) is 5.10 Å². The minimum absolute atomic E-state index is 0.153. The number of aryl methyl sites for hydroxylation is 1. The van der Waals surface area contributed by atoms with Gasteiger partial charge >= 0.3 is 0 Å². The highest BCUT2D eigenvalue weighted by molar-refractivity contribution is 5.92. The zero-order chi connectivity index (χ0) is 32.1. The van der Waals surface area contributed by atoms with E-state index in [9.17, 15) is 14.0 Å². The predicted octanol–water partition coefficient (Wildman–Crippen LogP) is 6.55. The van der Waals surface area contributed by atoms with Crippen LogP contribution in [0.15, 0.2) is 88.8 Å². The van der Waals surface area contributed by atoms with Gasteiger partial charge in [0.25, 0.3) is 11.5 Å². The quantitative estimate of drug-likeness (QED) is 0.180. The average molecular weight is 609 g/mol. The van der Waals surface area contributed by atoms with Gasteiger partial charge in [0.15, 0.2) is 23.9 Å². The average Bonchev–Trinajstić information content (AvgIpc) is 3.04. The lowest BCUT2D eigenvalue weighted by molar-refractivity contribution is -0.118. The number of carbonyl (C=O) groups excluding carboxylic acids is 1. The fraction of sp³-hybridized carbons (Fsp3) is 0.200. The van der Waals surface area contributed by atoms with Crippen molar-refractivity contribution in [3.05, 3.63) is 112 Å². The molecule has 0 aliphatic rings. The Morgan fingerprint density at radius 2 is 1.73 bits per heavy atom. The third kappa shape index (κ3) is 6.70. The van der Waals surface area contributed by atoms with Crippen molar-refractivity contribution >= 4 is 28.7 Å². The highest BCUT2D eigenvalue weighted by Gasteiger charge is 2.19. The van der Waals surface area contributed by atoms with Crippen molar-refractivity contribution in [1.29, 1.82) is 0 Å². The molecular formula is C35H33FN4O5. The monoisotopic (exact) mass is 608 g/mol. The fourth-order valence-corrected chi connectivity index (χ4v) is 4.91. The number of hydrogen-bond acceptors (Lipinski definition) is 7. The van der Waals surface area contributed by atoms with Gasteiger partial charge in [0, 0.05) is 16.8 Å². The molecule has 0 fully saturated rings. The molecule has 45 heavy (non-hydrogen) atoms. The summed E-state index contributed by atoms with van der Waals surface area (Å²) in [6.45, 7) is 5.72. The second-order valence-corrected chi connectivity index (χ2v) is 10.6. The molecule has 4 aromatic carbocycles. The molecule has 1 amide bonds. The van der Waals surface area contributed by atoms with Gasteiger partial charge in [0.1, 0.15) is 11.6 Å². The SMILES string of the molecule is COc1cc(C)c(-c2nc3ccccc3c(=O)n2N=Cc2cccc(OC)c2OCC(=O)Nc2ccc(F)cc2)cc1C(C)C. The molecule has 0 aliphatic heterocycles. The standard InChI is InChI=1S/C35H33FN4O5/c1-21(2)27-18-28(22(3)17-31(27)44-5)34-39-29-11-7-6-10-26(29)35(42)40(34)37-19-23-9-8-12-30(43-4)33(23)45-20-32(41)38-25-15-13-24(36)14-16-25/h6-19,21H,20H2,1-5H3,(H,38,41). The van der Waals surface area contributed by atoms with Gasteiger partial charge in [-0.15, -0.1) is 0 Å². The van der Waals surface area contributed by atoms with Crippen LogP contribution < -0.4 is 25.1 Å². The number of benzene rings is 4. The van der Waals surface area contributed by atoms with E-state index in [0.717, 1.165) is 22.4 Å². The van der Waals surface area contributed by atoms with E-state index in [-0.39, 0.29) is 23.8 Å². The van der Waals surface area contributed by atoms with Gasteiger partial charge in [-0.2, -0.15) is 9.78 Å². The van der Waals surface area contributed by atoms with Crippen molar-refractivity contribution in [2.45, 2.75) is 26.7 Å². The molecule has 1 heterocycles. The molecule has 5 aromatic rings. The number of amides is 1. The van der Waals surface area contributed by atoms with Gasteiger partial charge in [-0.1, -0.05) is 32.0 Å². The Kier molecular flexibility index (Phi) is 9.22. The number of rotatable bonds is 10. The third-order valence-corrected chi connectivity index (χ3v) is 7.21. The Bertz CT molecular complexity index is 1950. The maximum atomic E-state index is 13.9. The first-order chi connectivity index (χ1) is 21.7. The number of ether oxygens (including phenoxy) is 3. The highest BCUT2D eigenvalue weighted by Crippen LogP contribution is 2.34. The van der Waals surface area contributed by atoms with Crippen LogP contribution in [0.2, 0.25) is 0 Å². The molecule has 0 saturated heterocycles. The summed E-state index contributed by atoms with van der Waals surface area (Å²) < 4.78 is 31.5. The largest absolute Gasteiger partial charge is 0.496 e. The Morgan fingerprint density at radius 3 is 2.44 bits per heavy atom. The van der Waals surface area contributed by atoms with E-state index in [1.54, 1.807) is 43.5 Å². The van der Waals surface area contributed by atoms with Crippen LogP contribution in [0.1, 0.15) is 36.5 Å². The molecule has 0 atom stereocenters. The lowest BCUT2D eigenvalue weighted by atomic mass is 9.96. The van der Waals surface area contributed by atoms with Gasteiger partial charge in [0.2, 0.25) is 0 Å². The molecule has 0 bridgehead atoms. The van der Waals surface area contributed by atoms with E-state index < -0.39 is 11.7 Å². The van der Waals surface area contributed by atoms with Crippen molar-refractivity contribution in [2.75, 3.05) is 26.1 Å². The molecule has 9 nitrogen and oxygen atoms in total. The molecule has 0 aliphatic carbocycles. The van der Waals surface area contributed by atoms with Gasteiger partial charge in [-0.05, 0) is 84.6 Å².